The van der Waals surface area contributed by atoms with Crippen LogP contribution >= 0.6 is 0 Å². The van der Waals surface area contributed by atoms with E-state index in [2.05, 4.69) is 20.2 Å². The van der Waals surface area contributed by atoms with Gasteiger partial charge in [-0.05, 0) is 48.4 Å². The first kappa shape index (κ1) is 24.9. The summed E-state index contributed by atoms with van der Waals surface area (Å²) in [7, 11) is 0. The molecular weight excluding hydrogens is 472 g/mol. The number of nitrogens with zero attached hydrogens (tertiary/aromatic N) is 5. The maximum absolute atomic E-state index is 12.0. The summed E-state index contributed by atoms with van der Waals surface area (Å²) in [6, 6.07) is 11.3. The molecule has 0 amide bonds. The molecule has 0 bridgehead atoms. The van der Waals surface area contributed by atoms with Crippen LogP contribution in [0.3, 0.4) is 0 Å². The van der Waals surface area contributed by atoms with E-state index in [-0.39, 0.29) is 10.6 Å². The van der Waals surface area contributed by atoms with E-state index in [4.69, 9.17) is 14.5 Å². The molecule has 10 heteroatoms. The Labute approximate surface area is 215 Å². The van der Waals surface area contributed by atoms with E-state index >= 15 is 0 Å². The van der Waals surface area contributed by atoms with Gasteiger partial charge in [-0.1, -0.05) is 19.1 Å². The number of hydrogen-bond acceptors (Lipinski definition) is 9. The standard InChI is InChI=1S/C27H30N6O4/c1-2-30-27(24-15-25-22(18-28-19-29-25)14-26(24)33(34)35)16-21(17-31-27)13-20-3-5-23(6-4-20)37-12-9-32-7-10-36-11-8-32/h3-6,14-19,30H,2,7-13H2,1H3. The highest BCUT2D eigenvalue weighted by Gasteiger charge is 2.38. The maximum atomic E-state index is 12.0. The minimum Gasteiger partial charge on any atom is -0.492 e. The highest BCUT2D eigenvalue weighted by molar-refractivity contribution is 5.86. The average Bonchev–Trinajstić information content (AvgIpc) is 3.33. The van der Waals surface area contributed by atoms with Gasteiger partial charge in [-0.15, -0.1) is 0 Å². The number of aromatic nitrogens is 2. The first-order valence-corrected chi connectivity index (χ1v) is 12.5. The van der Waals surface area contributed by atoms with Gasteiger partial charge in [-0.2, -0.15) is 0 Å². The lowest BCUT2D eigenvalue weighted by Crippen LogP contribution is -2.38. The van der Waals surface area contributed by atoms with Crippen molar-refractivity contribution < 1.29 is 14.4 Å². The predicted octanol–water partition coefficient (Wildman–Crippen LogP) is 3.26. The molecule has 10 nitrogen and oxygen atoms in total. The van der Waals surface area contributed by atoms with E-state index in [9.17, 15) is 10.1 Å². The number of ether oxygens (including phenoxy) is 2. The summed E-state index contributed by atoms with van der Waals surface area (Å²) in [5, 5.41) is 16.0. The fraction of sp³-hybridized carbons (Fsp3) is 0.370. The van der Waals surface area contributed by atoms with Gasteiger partial charge in [0.1, 0.15) is 18.7 Å². The molecule has 1 unspecified atom stereocenters. The second-order valence-electron chi connectivity index (χ2n) is 9.11. The number of nitro groups is 1. The monoisotopic (exact) mass is 502 g/mol. The third-order valence-corrected chi connectivity index (χ3v) is 6.62. The zero-order chi connectivity index (χ0) is 25.7. The van der Waals surface area contributed by atoms with Crippen LogP contribution in [0.5, 0.6) is 5.75 Å². The van der Waals surface area contributed by atoms with Crippen molar-refractivity contribution in [1.29, 1.82) is 0 Å². The maximum Gasteiger partial charge on any atom is 0.277 e. The molecule has 3 heterocycles. The van der Waals surface area contributed by atoms with Gasteiger partial charge >= 0.3 is 0 Å². The van der Waals surface area contributed by atoms with E-state index in [0.717, 1.165) is 49.7 Å². The normalized spacial score (nSPS) is 19.8. The summed E-state index contributed by atoms with van der Waals surface area (Å²) >= 11 is 0. The molecule has 1 saturated heterocycles. The van der Waals surface area contributed by atoms with Gasteiger partial charge in [0.25, 0.3) is 5.69 Å². The van der Waals surface area contributed by atoms with E-state index in [1.165, 1.54) is 12.4 Å². The average molecular weight is 503 g/mol. The molecule has 2 aromatic carbocycles. The topological polar surface area (TPSA) is 115 Å². The molecule has 1 N–H and O–H groups in total. The Kier molecular flexibility index (Phi) is 7.50. The molecule has 3 aromatic rings. The molecule has 5 rings (SSSR count). The first-order valence-electron chi connectivity index (χ1n) is 12.5. The Morgan fingerprint density at radius 3 is 2.78 bits per heavy atom. The predicted molar refractivity (Wildman–Crippen MR) is 141 cm³/mol. The molecule has 192 valence electrons. The van der Waals surface area contributed by atoms with Gasteiger partial charge in [0.2, 0.25) is 0 Å². The van der Waals surface area contributed by atoms with Crippen molar-refractivity contribution in [3.05, 3.63) is 81.8 Å². The van der Waals surface area contributed by atoms with Crippen LogP contribution in [0.4, 0.5) is 5.69 Å². The van der Waals surface area contributed by atoms with E-state index < -0.39 is 5.66 Å². The molecule has 2 aliphatic rings. The number of fused-ring (bicyclic) bond motifs is 1. The molecule has 1 aromatic heterocycles. The number of hydrogen-bond donors (Lipinski definition) is 1. The quantitative estimate of drug-likeness (QED) is 0.332. The van der Waals surface area contributed by atoms with Crippen molar-refractivity contribution >= 4 is 22.8 Å². The van der Waals surface area contributed by atoms with Crippen molar-refractivity contribution in [3.8, 4) is 5.75 Å². The summed E-state index contributed by atoms with van der Waals surface area (Å²) in [5.74, 6) is 0.835. The van der Waals surface area contributed by atoms with Gasteiger partial charge in [-0.25, -0.2) is 9.97 Å². The largest absolute Gasteiger partial charge is 0.492 e. The number of morpholine rings is 1. The van der Waals surface area contributed by atoms with Gasteiger partial charge in [0.15, 0.2) is 5.66 Å². The second kappa shape index (κ2) is 11.1. The summed E-state index contributed by atoms with van der Waals surface area (Å²) < 4.78 is 11.3. The van der Waals surface area contributed by atoms with Crippen molar-refractivity contribution in [1.82, 2.24) is 20.2 Å². The van der Waals surface area contributed by atoms with Crippen LogP contribution in [0.1, 0.15) is 18.1 Å². The Hall–Kier alpha value is -3.73. The molecular formula is C27H30N6O4. The molecule has 37 heavy (non-hydrogen) atoms. The molecule has 1 fully saturated rings. The molecule has 0 radical (unpaired) electrons. The third-order valence-electron chi connectivity index (χ3n) is 6.62. The number of nitro benzene ring substituents is 1. The van der Waals surface area contributed by atoms with Crippen LogP contribution in [0.15, 0.2) is 65.6 Å². The van der Waals surface area contributed by atoms with Crippen LogP contribution in [0.2, 0.25) is 0 Å². The van der Waals surface area contributed by atoms with E-state index in [1.807, 2.05) is 37.3 Å². The number of likely N-dealkylation sites (N-methyl/N-ethyl adjacent to an activating group) is 1. The van der Waals surface area contributed by atoms with Crippen LogP contribution in [-0.4, -0.2) is 72.0 Å². The molecule has 0 spiro atoms. The fourth-order valence-electron chi connectivity index (χ4n) is 4.76. The molecule has 1 atom stereocenters. The number of aliphatic imine (C=N–C) groups is 1. The Bertz CT molecular complexity index is 1320. The van der Waals surface area contributed by atoms with Gasteiger partial charge in [0, 0.05) is 43.5 Å². The molecule has 2 aliphatic heterocycles. The SMILES string of the molecule is CCNC1(c2cc3ncncc3cc2[N+](=O)[O-])C=C(Cc2ccc(OCCN3CCOCC3)cc2)C=N1. The van der Waals surface area contributed by atoms with Crippen molar-refractivity contribution in [2.45, 2.75) is 19.0 Å². The van der Waals surface area contributed by atoms with E-state index in [1.54, 1.807) is 18.5 Å². The van der Waals surface area contributed by atoms with Crippen molar-refractivity contribution in [3.63, 3.8) is 0 Å². The highest BCUT2D eigenvalue weighted by Crippen LogP contribution is 2.38. The highest BCUT2D eigenvalue weighted by atomic mass is 16.6. The van der Waals surface area contributed by atoms with Crippen molar-refractivity contribution in [2.75, 3.05) is 46.0 Å². The number of rotatable bonds is 10. The van der Waals surface area contributed by atoms with Gasteiger partial charge in [-0.3, -0.25) is 25.3 Å². The van der Waals surface area contributed by atoms with Gasteiger partial charge < -0.3 is 9.47 Å². The Morgan fingerprint density at radius 1 is 1.22 bits per heavy atom. The van der Waals surface area contributed by atoms with Crippen LogP contribution in [0, 0.1) is 10.1 Å². The number of allylic oxidation sites excluding steroid dienone is 1. The zero-order valence-electron chi connectivity index (χ0n) is 20.8. The number of nitrogens with one attached hydrogen (secondary N) is 1. The summed E-state index contributed by atoms with van der Waals surface area (Å²) in [6.45, 7) is 7.52. The summed E-state index contributed by atoms with van der Waals surface area (Å²) in [6.07, 6.45) is 7.43. The minimum atomic E-state index is -1.03. The second-order valence-corrected chi connectivity index (χ2v) is 9.11. The van der Waals surface area contributed by atoms with Crippen LogP contribution in [-0.2, 0) is 16.8 Å². The van der Waals surface area contributed by atoms with Crippen LogP contribution < -0.4 is 10.1 Å². The van der Waals surface area contributed by atoms with E-state index in [0.29, 0.717) is 36.0 Å². The number of benzene rings is 2. The molecule has 0 aliphatic carbocycles. The first-order chi connectivity index (χ1) is 18.1. The summed E-state index contributed by atoms with van der Waals surface area (Å²) in [5.41, 5.74) is 2.12. The Balaban J connectivity index is 1.31. The lowest BCUT2D eigenvalue weighted by molar-refractivity contribution is -0.385. The zero-order valence-corrected chi connectivity index (χ0v) is 20.8. The molecule has 0 saturated carbocycles. The van der Waals surface area contributed by atoms with Gasteiger partial charge in [0.05, 0.1) is 29.2 Å². The lowest BCUT2D eigenvalue weighted by atomic mass is 9.94. The third kappa shape index (κ3) is 5.66. The summed E-state index contributed by atoms with van der Waals surface area (Å²) in [4.78, 5) is 27.0. The van der Waals surface area contributed by atoms with Crippen LogP contribution in [0.25, 0.3) is 10.9 Å². The Morgan fingerprint density at radius 2 is 2.03 bits per heavy atom. The fourth-order valence-corrected chi connectivity index (χ4v) is 4.76. The lowest BCUT2D eigenvalue weighted by Gasteiger charge is -2.26. The van der Waals surface area contributed by atoms with Crippen molar-refractivity contribution in [2.24, 2.45) is 4.99 Å². The minimum absolute atomic E-state index is 0.0171. The smallest absolute Gasteiger partial charge is 0.277 e.